The highest BCUT2D eigenvalue weighted by atomic mass is 35.5. The number of anilines is 1. The van der Waals surface area contributed by atoms with Crippen LogP contribution in [0.15, 0.2) is 66.7 Å². The Labute approximate surface area is 216 Å². The number of rotatable bonds is 5. The van der Waals surface area contributed by atoms with E-state index in [1.807, 2.05) is 43.3 Å². The molecule has 5 nitrogen and oxygen atoms in total. The average molecular weight is 523 g/mol. The summed E-state index contributed by atoms with van der Waals surface area (Å²) in [6.45, 7) is 1.90. The zero-order valence-electron chi connectivity index (χ0n) is 18.7. The number of thiazole rings is 1. The Bertz CT molecular complexity index is 1440. The topological polar surface area (TPSA) is 68.3 Å². The van der Waals surface area contributed by atoms with Crippen molar-refractivity contribution >= 4 is 51.5 Å². The smallest absolute Gasteiger partial charge is 0.339 e. The highest BCUT2D eigenvalue weighted by Crippen LogP contribution is 2.32. The monoisotopic (exact) mass is 522 g/mol. The van der Waals surface area contributed by atoms with Gasteiger partial charge in [0.2, 0.25) is 0 Å². The van der Waals surface area contributed by atoms with Crippen molar-refractivity contribution in [2.75, 3.05) is 5.32 Å². The number of nitrogens with zero attached hydrogens (tertiary/aromatic N) is 1. The van der Waals surface area contributed by atoms with Gasteiger partial charge >= 0.3 is 5.97 Å². The molecule has 4 aromatic rings. The first-order chi connectivity index (χ1) is 16.9. The fourth-order valence-corrected chi connectivity index (χ4v) is 5.42. The van der Waals surface area contributed by atoms with Crippen LogP contribution in [0.3, 0.4) is 0 Å². The molecule has 1 aromatic heterocycles. The van der Waals surface area contributed by atoms with Crippen molar-refractivity contribution < 1.29 is 14.3 Å². The van der Waals surface area contributed by atoms with Crippen molar-refractivity contribution in [1.82, 2.24) is 4.98 Å². The van der Waals surface area contributed by atoms with Crippen molar-refractivity contribution in [2.45, 2.75) is 25.9 Å². The van der Waals surface area contributed by atoms with Crippen molar-refractivity contribution in [3.63, 3.8) is 0 Å². The highest BCUT2D eigenvalue weighted by Gasteiger charge is 2.28. The van der Waals surface area contributed by atoms with Gasteiger partial charge in [0.25, 0.3) is 5.91 Å². The molecule has 8 heteroatoms. The number of aryl methyl sites for hydroxylation is 1. The normalized spacial score (nSPS) is 14.8. The quantitative estimate of drug-likeness (QED) is 0.285. The maximum atomic E-state index is 13.0. The van der Waals surface area contributed by atoms with Crippen LogP contribution in [-0.2, 0) is 17.6 Å². The molecule has 0 saturated carbocycles. The van der Waals surface area contributed by atoms with Crippen LogP contribution in [0.2, 0.25) is 10.0 Å². The fourth-order valence-electron chi connectivity index (χ4n) is 4.06. The molecule has 0 aliphatic carbocycles. The third-order valence-corrected chi connectivity index (χ3v) is 7.56. The lowest BCUT2D eigenvalue weighted by atomic mass is 9.93. The lowest BCUT2D eigenvalue weighted by Crippen LogP contribution is -2.23. The number of hydrogen-bond acceptors (Lipinski definition) is 5. The summed E-state index contributed by atoms with van der Waals surface area (Å²) in [5.74, 6) is -0.670. The van der Waals surface area contributed by atoms with Crippen LogP contribution in [0.25, 0.3) is 0 Å². The van der Waals surface area contributed by atoms with Crippen molar-refractivity contribution in [3.8, 4) is 0 Å². The van der Waals surface area contributed by atoms with E-state index < -0.39 is 0 Å². The number of fused-ring (bicyclic) bond motifs is 1. The molecule has 5 rings (SSSR count). The lowest BCUT2D eigenvalue weighted by molar-refractivity contribution is 0.0252. The van der Waals surface area contributed by atoms with Crippen molar-refractivity contribution in [1.29, 1.82) is 0 Å². The minimum atomic E-state index is -0.382. The predicted octanol–water partition coefficient (Wildman–Crippen LogP) is 7.06. The molecule has 3 aromatic carbocycles. The number of halogens is 2. The number of esters is 1. The molecule has 0 radical (unpaired) electrons. The maximum Gasteiger partial charge on any atom is 0.339 e. The second-order valence-electron chi connectivity index (χ2n) is 8.27. The molecule has 2 heterocycles. The third kappa shape index (κ3) is 5.10. The zero-order valence-corrected chi connectivity index (χ0v) is 21.0. The SMILES string of the molecule is Cc1nc(NC(=O)c2ccc3c(c2)CC(c2ccccc2)OC3=O)sc1Cc1cc(Cl)ccc1Cl. The third-order valence-electron chi connectivity index (χ3n) is 5.89. The van der Waals surface area contributed by atoms with Gasteiger partial charge in [-0.15, -0.1) is 11.3 Å². The molecule has 0 spiro atoms. The van der Waals surface area contributed by atoms with Gasteiger partial charge in [0.1, 0.15) is 6.10 Å². The number of aromatic nitrogens is 1. The van der Waals surface area contributed by atoms with E-state index in [1.54, 1.807) is 30.3 Å². The van der Waals surface area contributed by atoms with Gasteiger partial charge in [-0.2, -0.15) is 0 Å². The number of hydrogen-bond donors (Lipinski definition) is 1. The molecule has 1 amide bonds. The number of benzene rings is 3. The maximum absolute atomic E-state index is 13.0. The standard InChI is InChI=1S/C27H20Cl2N2O3S/c1-15-24(14-19-12-20(28)8-10-22(19)29)35-27(30-15)31-25(32)17-7-9-21-18(11-17)13-23(34-26(21)33)16-5-3-2-4-6-16/h2-12,23H,13-14H2,1H3,(H,30,31,32). The van der Waals surface area contributed by atoms with Crippen LogP contribution in [0.5, 0.6) is 0 Å². The molecule has 1 aliphatic heterocycles. The van der Waals surface area contributed by atoms with Gasteiger partial charge in [0, 0.05) is 33.3 Å². The molecule has 176 valence electrons. The molecule has 1 aliphatic rings. The molecule has 0 fully saturated rings. The summed E-state index contributed by atoms with van der Waals surface area (Å²) < 4.78 is 5.61. The molecule has 1 N–H and O–H groups in total. The number of nitrogens with one attached hydrogen (secondary N) is 1. The van der Waals surface area contributed by atoms with Gasteiger partial charge in [-0.25, -0.2) is 9.78 Å². The summed E-state index contributed by atoms with van der Waals surface area (Å²) in [5, 5.41) is 4.64. The largest absolute Gasteiger partial charge is 0.454 e. The minimum Gasteiger partial charge on any atom is -0.454 e. The second kappa shape index (κ2) is 9.82. The number of ether oxygens (including phenoxy) is 1. The van der Waals surface area contributed by atoms with Crippen molar-refractivity contribution in [3.05, 3.63) is 115 Å². The molecule has 1 atom stereocenters. The Kier molecular flexibility index (Phi) is 6.60. The van der Waals surface area contributed by atoms with Gasteiger partial charge in [0.05, 0.1) is 11.3 Å². The van der Waals surface area contributed by atoms with E-state index in [-0.39, 0.29) is 18.0 Å². The summed E-state index contributed by atoms with van der Waals surface area (Å²) in [4.78, 5) is 31.0. The van der Waals surface area contributed by atoms with Crippen LogP contribution >= 0.6 is 34.5 Å². The Balaban J connectivity index is 1.33. The molecular formula is C27H20Cl2N2O3S. The van der Waals surface area contributed by atoms with E-state index in [2.05, 4.69) is 10.3 Å². The van der Waals surface area contributed by atoms with E-state index in [0.29, 0.717) is 39.1 Å². The van der Waals surface area contributed by atoms with E-state index in [9.17, 15) is 9.59 Å². The number of carbonyl (C=O) groups excluding carboxylic acids is 2. The fraction of sp³-hybridized carbons (Fsp3) is 0.148. The van der Waals surface area contributed by atoms with E-state index in [1.165, 1.54) is 11.3 Å². The Morgan fingerprint density at radius 1 is 1.11 bits per heavy atom. The Morgan fingerprint density at radius 3 is 2.71 bits per heavy atom. The van der Waals surface area contributed by atoms with E-state index in [4.69, 9.17) is 27.9 Å². The first kappa shape index (κ1) is 23.5. The van der Waals surface area contributed by atoms with E-state index in [0.717, 1.165) is 27.3 Å². The Hall–Kier alpha value is -3.19. The van der Waals surface area contributed by atoms with Gasteiger partial charge in [-0.05, 0) is 60.0 Å². The summed E-state index contributed by atoms with van der Waals surface area (Å²) in [7, 11) is 0. The van der Waals surface area contributed by atoms with Gasteiger partial charge < -0.3 is 4.74 Å². The first-order valence-electron chi connectivity index (χ1n) is 11.0. The molecule has 0 saturated heterocycles. The average Bonchev–Trinajstić information content (AvgIpc) is 3.19. The number of amides is 1. The number of carbonyl (C=O) groups is 2. The molecule has 35 heavy (non-hydrogen) atoms. The van der Waals surface area contributed by atoms with Crippen LogP contribution in [0.1, 0.15) is 54.1 Å². The minimum absolute atomic E-state index is 0.288. The summed E-state index contributed by atoms with van der Waals surface area (Å²) >= 11 is 13.8. The van der Waals surface area contributed by atoms with Crippen molar-refractivity contribution in [2.24, 2.45) is 0 Å². The first-order valence-corrected chi connectivity index (χ1v) is 12.5. The van der Waals surface area contributed by atoms with Crippen LogP contribution in [0, 0.1) is 6.92 Å². The van der Waals surface area contributed by atoms with Crippen LogP contribution in [0.4, 0.5) is 5.13 Å². The summed E-state index contributed by atoms with van der Waals surface area (Å²) in [6.07, 6.45) is 0.699. The number of cyclic esters (lactones) is 1. The predicted molar refractivity (Wildman–Crippen MR) is 139 cm³/mol. The van der Waals surface area contributed by atoms with Crippen LogP contribution < -0.4 is 5.32 Å². The second-order valence-corrected chi connectivity index (χ2v) is 10.2. The highest BCUT2D eigenvalue weighted by molar-refractivity contribution is 7.15. The summed E-state index contributed by atoms with van der Waals surface area (Å²) in [6, 6.07) is 20.0. The van der Waals surface area contributed by atoms with Gasteiger partial charge in [-0.3, -0.25) is 10.1 Å². The van der Waals surface area contributed by atoms with Gasteiger partial charge in [0.15, 0.2) is 5.13 Å². The molecule has 1 unspecified atom stereocenters. The molecule has 0 bridgehead atoms. The Morgan fingerprint density at radius 2 is 1.91 bits per heavy atom. The molecular weight excluding hydrogens is 503 g/mol. The zero-order chi connectivity index (χ0) is 24.5. The van der Waals surface area contributed by atoms with Crippen LogP contribution in [-0.4, -0.2) is 16.9 Å². The van der Waals surface area contributed by atoms with Gasteiger partial charge in [-0.1, -0.05) is 53.5 Å². The lowest BCUT2D eigenvalue weighted by Gasteiger charge is -2.25. The van der Waals surface area contributed by atoms with E-state index >= 15 is 0 Å². The summed E-state index contributed by atoms with van der Waals surface area (Å²) in [5.41, 5.74) is 4.37.